The Kier molecular flexibility index (Phi) is 4.61. The Labute approximate surface area is 143 Å². The SMILES string of the molecule is Nc1c(NNc2ccccc2)ncnc1Nc1ccc(C(=O)O)cc1. The number of hydrazine groups is 1. The van der Waals surface area contributed by atoms with Crippen molar-refractivity contribution in [1.29, 1.82) is 0 Å². The molecule has 0 unspecified atom stereocenters. The number of carboxylic acids is 1. The van der Waals surface area contributed by atoms with Gasteiger partial charge in [-0.05, 0) is 36.4 Å². The highest BCUT2D eigenvalue weighted by Crippen LogP contribution is 2.26. The molecule has 0 aliphatic heterocycles. The van der Waals surface area contributed by atoms with Crippen LogP contribution in [0.4, 0.5) is 28.7 Å². The van der Waals surface area contributed by atoms with Crippen molar-refractivity contribution < 1.29 is 9.90 Å². The van der Waals surface area contributed by atoms with Crippen LogP contribution in [0.25, 0.3) is 0 Å². The zero-order valence-electron chi connectivity index (χ0n) is 13.1. The number of aromatic carboxylic acids is 1. The minimum Gasteiger partial charge on any atom is -0.478 e. The lowest BCUT2D eigenvalue weighted by atomic mass is 10.2. The van der Waals surface area contributed by atoms with Gasteiger partial charge in [0.25, 0.3) is 0 Å². The highest BCUT2D eigenvalue weighted by Gasteiger charge is 2.09. The quantitative estimate of drug-likeness (QED) is 0.435. The molecule has 2 aromatic carbocycles. The molecule has 0 saturated carbocycles. The third-order valence-corrected chi connectivity index (χ3v) is 3.38. The fourth-order valence-electron chi connectivity index (χ4n) is 2.08. The second-order valence-corrected chi connectivity index (χ2v) is 5.11. The molecule has 126 valence electrons. The van der Waals surface area contributed by atoms with Gasteiger partial charge < -0.3 is 16.2 Å². The van der Waals surface area contributed by atoms with E-state index in [1.54, 1.807) is 12.1 Å². The Hall–Kier alpha value is -3.81. The van der Waals surface area contributed by atoms with Gasteiger partial charge in [0.15, 0.2) is 11.6 Å². The fourth-order valence-corrected chi connectivity index (χ4v) is 2.08. The molecule has 6 N–H and O–H groups in total. The van der Waals surface area contributed by atoms with Gasteiger partial charge in [-0.3, -0.25) is 10.9 Å². The van der Waals surface area contributed by atoms with Crippen molar-refractivity contribution in [2.45, 2.75) is 0 Å². The van der Waals surface area contributed by atoms with Crippen molar-refractivity contribution in [3.63, 3.8) is 0 Å². The van der Waals surface area contributed by atoms with Gasteiger partial charge >= 0.3 is 5.97 Å². The van der Waals surface area contributed by atoms with Crippen LogP contribution in [0.15, 0.2) is 60.9 Å². The van der Waals surface area contributed by atoms with Crippen LogP contribution in [-0.4, -0.2) is 21.0 Å². The smallest absolute Gasteiger partial charge is 0.335 e. The maximum Gasteiger partial charge on any atom is 0.335 e. The van der Waals surface area contributed by atoms with Gasteiger partial charge in [0.1, 0.15) is 12.0 Å². The molecular weight excluding hydrogens is 320 g/mol. The molecular formula is C17H16N6O2. The highest BCUT2D eigenvalue weighted by molar-refractivity contribution is 5.88. The molecule has 0 spiro atoms. The third-order valence-electron chi connectivity index (χ3n) is 3.38. The average Bonchev–Trinajstić information content (AvgIpc) is 2.64. The van der Waals surface area contributed by atoms with Crippen LogP contribution >= 0.6 is 0 Å². The number of hydrogen-bond acceptors (Lipinski definition) is 7. The minimum absolute atomic E-state index is 0.204. The number of nitrogens with one attached hydrogen (secondary N) is 3. The Balaban J connectivity index is 1.73. The lowest BCUT2D eigenvalue weighted by Gasteiger charge is -2.13. The van der Waals surface area contributed by atoms with Crippen molar-refractivity contribution >= 4 is 34.7 Å². The second kappa shape index (κ2) is 7.18. The molecule has 3 rings (SSSR count). The molecule has 25 heavy (non-hydrogen) atoms. The Morgan fingerprint density at radius 1 is 0.880 bits per heavy atom. The number of nitrogen functional groups attached to an aromatic ring is 1. The maximum absolute atomic E-state index is 10.9. The number of benzene rings is 2. The molecule has 0 radical (unpaired) electrons. The van der Waals surface area contributed by atoms with Gasteiger partial charge in [0.05, 0.1) is 11.3 Å². The summed E-state index contributed by atoms with van der Waals surface area (Å²) in [6.07, 6.45) is 1.37. The lowest BCUT2D eigenvalue weighted by molar-refractivity contribution is 0.0697. The summed E-state index contributed by atoms with van der Waals surface area (Å²) in [6, 6.07) is 15.8. The van der Waals surface area contributed by atoms with Crippen LogP contribution in [0.3, 0.4) is 0 Å². The van der Waals surface area contributed by atoms with Gasteiger partial charge in [0, 0.05) is 5.69 Å². The number of carbonyl (C=O) groups is 1. The molecule has 3 aromatic rings. The predicted molar refractivity (Wildman–Crippen MR) is 96.8 cm³/mol. The van der Waals surface area contributed by atoms with Gasteiger partial charge in [-0.25, -0.2) is 14.8 Å². The summed E-state index contributed by atoms with van der Waals surface area (Å²) in [5.74, 6) is -0.148. The molecule has 8 nitrogen and oxygen atoms in total. The average molecular weight is 336 g/mol. The van der Waals surface area contributed by atoms with Crippen LogP contribution in [-0.2, 0) is 0 Å². The Bertz CT molecular complexity index is 868. The summed E-state index contributed by atoms with van der Waals surface area (Å²) in [6.45, 7) is 0. The number of anilines is 5. The first-order valence-electron chi connectivity index (χ1n) is 7.41. The van der Waals surface area contributed by atoms with Crippen LogP contribution in [0.1, 0.15) is 10.4 Å². The maximum atomic E-state index is 10.9. The third kappa shape index (κ3) is 3.94. The molecule has 8 heteroatoms. The molecule has 0 amide bonds. The first-order valence-corrected chi connectivity index (χ1v) is 7.41. The number of rotatable bonds is 6. The van der Waals surface area contributed by atoms with Crippen LogP contribution in [0.5, 0.6) is 0 Å². The lowest BCUT2D eigenvalue weighted by Crippen LogP contribution is -2.13. The van der Waals surface area contributed by atoms with E-state index in [0.717, 1.165) is 5.69 Å². The first kappa shape index (κ1) is 16.1. The number of aromatic nitrogens is 2. The van der Waals surface area contributed by atoms with Gasteiger partial charge in [-0.15, -0.1) is 0 Å². The molecule has 1 heterocycles. The molecule has 0 aliphatic rings. The van der Waals surface area contributed by atoms with Crippen molar-refractivity contribution in [2.24, 2.45) is 0 Å². The number of para-hydroxylation sites is 1. The molecule has 0 fully saturated rings. The summed E-state index contributed by atoms with van der Waals surface area (Å²) < 4.78 is 0. The zero-order valence-corrected chi connectivity index (χ0v) is 13.1. The summed E-state index contributed by atoms with van der Waals surface area (Å²) in [5.41, 5.74) is 14.1. The van der Waals surface area contributed by atoms with Crippen LogP contribution < -0.4 is 21.9 Å². The monoisotopic (exact) mass is 336 g/mol. The zero-order chi connectivity index (χ0) is 17.6. The Morgan fingerprint density at radius 2 is 1.56 bits per heavy atom. The number of hydrogen-bond donors (Lipinski definition) is 5. The number of carboxylic acid groups (broad SMARTS) is 1. The van der Waals surface area contributed by atoms with Crippen molar-refractivity contribution in [2.75, 3.05) is 21.9 Å². The van der Waals surface area contributed by atoms with Crippen molar-refractivity contribution in [1.82, 2.24) is 9.97 Å². The largest absolute Gasteiger partial charge is 0.478 e. The summed E-state index contributed by atoms with van der Waals surface area (Å²) in [7, 11) is 0. The number of nitrogens with two attached hydrogens (primary N) is 1. The van der Waals surface area contributed by atoms with Crippen LogP contribution in [0.2, 0.25) is 0 Å². The van der Waals surface area contributed by atoms with E-state index < -0.39 is 5.97 Å². The second-order valence-electron chi connectivity index (χ2n) is 5.11. The minimum atomic E-state index is -0.980. The van der Waals surface area contributed by atoms with E-state index in [4.69, 9.17) is 10.8 Å². The number of nitrogens with zero attached hydrogens (tertiary/aromatic N) is 2. The molecule has 0 atom stereocenters. The first-order chi connectivity index (χ1) is 12.1. The summed E-state index contributed by atoms with van der Waals surface area (Å²) in [5, 5.41) is 12.0. The molecule has 0 saturated heterocycles. The fraction of sp³-hybridized carbons (Fsp3) is 0. The molecule has 0 aliphatic carbocycles. The van der Waals surface area contributed by atoms with Crippen molar-refractivity contribution in [3.8, 4) is 0 Å². The highest BCUT2D eigenvalue weighted by atomic mass is 16.4. The van der Waals surface area contributed by atoms with E-state index in [2.05, 4.69) is 26.1 Å². The van der Waals surface area contributed by atoms with E-state index in [9.17, 15) is 4.79 Å². The van der Waals surface area contributed by atoms with E-state index in [0.29, 0.717) is 23.0 Å². The Morgan fingerprint density at radius 3 is 2.24 bits per heavy atom. The van der Waals surface area contributed by atoms with Gasteiger partial charge in [0.2, 0.25) is 0 Å². The normalized spacial score (nSPS) is 10.1. The topological polar surface area (TPSA) is 125 Å². The molecule has 1 aromatic heterocycles. The summed E-state index contributed by atoms with van der Waals surface area (Å²) >= 11 is 0. The molecule has 0 bridgehead atoms. The van der Waals surface area contributed by atoms with E-state index in [-0.39, 0.29) is 5.56 Å². The van der Waals surface area contributed by atoms with E-state index in [1.807, 2.05) is 30.3 Å². The van der Waals surface area contributed by atoms with Gasteiger partial charge in [-0.1, -0.05) is 18.2 Å². The summed E-state index contributed by atoms with van der Waals surface area (Å²) in [4.78, 5) is 19.1. The van der Waals surface area contributed by atoms with Gasteiger partial charge in [-0.2, -0.15) is 0 Å². The van der Waals surface area contributed by atoms with E-state index in [1.165, 1.54) is 18.5 Å². The standard InChI is InChI=1S/C17H16N6O2/c18-14-15(21-12-8-6-11(7-9-12)17(24)25)19-10-20-16(14)23-22-13-4-2-1-3-5-13/h1-10,22H,18H2,(H,24,25)(H2,19,20,21,23). The van der Waals surface area contributed by atoms with Crippen molar-refractivity contribution in [3.05, 3.63) is 66.5 Å². The van der Waals surface area contributed by atoms with Crippen LogP contribution in [0, 0.1) is 0 Å². The predicted octanol–water partition coefficient (Wildman–Crippen LogP) is 2.94. The van der Waals surface area contributed by atoms with E-state index >= 15 is 0 Å².